The van der Waals surface area contributed by atoms with Gasteiger partial charge in [-0.05, 0) is 75.9 Å². The summed E-state index contributed by atoms with van der Waals surface area (Å²) in [6.07, 6.45) is 3.03. The van der Waals surface area contributed by atoms with Crippen molar-refractivity contribution in [1.29, 1.82) is 0 Å². The molecule has 1 fully saturated rings. The van der Waals surface area contributed by atoms with Crippen molar-refractivity contribution in [1.82, 2.24) is 10.2 Å². The van der Waals surface area contributed by atoms with Crippen LogP contribution in [0.3, 0.4) is 0 Å². The van der Waals surface area contributed by atoms with E-state index in [0.717, 1.165) is 42.9 Å². The number of rotatable bonds is 5. The highest BCUT2D eigenvalue weighted by atomic mass is 35.5. The average molecular weight is 351 g/mol. The summed E-state index contributed by atoms with van der Waals surface area (Å²) in [6.45, 7) is 10.5. The third kappa shape index (κ3) is 4.97. The standard InChI is InChI=1S/C20H31ClN2O/c1-14(2)11-16-12-17(21)8-9-18(16)20(3,4)22-19(24)15-7-6-10-23(5)13-15/h8-9,12,14-15H,6-7,10-11,13H2,1-5H3,(H,22,24)/t15-/m0/s1. The van der Waals surface area contributed by atoms with Crippen LogP contribution in [0.5, 0.6) is 0 Å². The lowest BCUT2D eigenvalue weighted by Gasteiger charge is -2.34. The van der Waals surface area contributed by atoms with E-state index in [-0.39, 0.29) is 11.8 Å². The fraction of sp³-hybridized carbons (Fsp3) is 0.650. The number of amides is 1. The van der Waals surface area contributed by atoms with E-state index in [1.165, 1.54) is 5.56 Å². The largest absolute Gasteiger partial charge is 0.347 e. The van der Waals surface area contributed by atoms with E-state index in [2.05, 4.69) is 51.0 Å². The van der Waals surface area contributed by atoms with Gasteiger partial charge in [0.15, 0.2) is 0 Å². The minimum atomic E-state index is -0.401. The second-order valence-electron chi connectivity index (χ2n) is 8.12. The van der Waals surface area contributed by atoms with Gasteiger partial charge in [-0.3, -0.25) is 4.79 Å². The van der Waals surface area contributed by atoms with Gasteiger partial charge in [0.25, 0.3) is 0 Å². The van der Waals surface area contributed by atoms with Crippen LogP contribution in [0, 0.1) is 11.8 Å². The summed E-state index contributed by atoms with van der Waals surface area (Å²) in [5.74, 6) is 0.793. The van der Waals surface area contributed by atoms with E-state index in [4.69, 9.17) is 11.6 Å². The van der Waals surface area contributed by atoms with Crippen molar-refractivity contribution < 1.29 is 4.79 Å². The molecule has 0 bridgehead atoms. The molecular formula is C20H31ClN2O. The first-order valence-corrected chi connectivity index (χ1v) is 9.36. The van der Waals surface area contributed by atoms with E-state index in [0.29, 0.717) is 5.92 Å². The van der Waals surface area contributed by atoms with E-state index < -0.39 is 5.54 Å². The number of carbonyl (C=O) groups excluding carboxylic acids is 1. The molecule has 3 nitrogen and oxygen atoms in total. The number of likely N-dealkylation sites (tertiary alicyclic amines) is 1. The van der Waals surface area contributed by atoms with Crippen LogP contribution < -0.4 is 5.32 Å². The Morgan fingerprint density at radius 1 is 1.42 bits per heavy atom. The smallest absolute Gasteiger partial charge is 0.225 e. The Bertz CT molecular complexity index is 583. The number of hydrogen-bond donors (Lipinski definition) is 1. The molecule has 1 aliphatic rings. The molecular weight excluding hydrogens is 320 g/mol. The highest BCUT2D eigenvalue weighted by molar-refractivity contribution is 6.30. The number of hydrogen-bond acceptors (Lipinski definition) is 2. The van der Waals surface area contributed by atoms with Crippen molar-refractivity contribution >= 4 is 17.5 Å². The van der Waals surface area contributed by atoms with Crippen LogP contribution in [0.15, 0.2) is 18.2 Å². The Kier molecular flexibility index (Phi) is 6.33. The molecule has 1 amide bonds. The third-order valence-electron chi connectivity index (χ3n) is 4.80. The van der Waals surface area contributed by atoms with Crippen LogP contribution in [0.2, 0.25) is 5.02 Å². The van der Waals surface area contributed by atoms with Crippen LogP contribution in [0.4, 0.5) is 0 Å². The van der Waals surface area contributed by atoms with Crippen LogP contribution in [-0.2, 0) is 16.8 Å². The summed E-state index contributed by atoms with van der Waals surface area (Å²) in [5.41, 5.74) is 1.99. The Hall–Kier alpha value is -1.06. The normalized spacial score (nSPS) is 19.5. The van der Waals surface area contributed by atoms with Crippen LogP contribution in [0.1, 0.15) is 51.7 Å². The molecule has 134 valence electrons. The SMILES string of the molecule is CC(C)Cc1cc(Cl)ccc1C(C)(C)NC(=O)[C@H]1CCCN(C)C1. The second kappa shape index (κ2) is 7.88. The summed E-state index contributed by atoms with van der Waals surface area (Å²) in [6, 6.07) is 6.02. The summed E-state index contributed by atoms with van der Waals surface area (Å²) in [7, 11) is 2.09. The fourth-order valence-corrected chi connectivity index (χ4v) is 3.83. The van der Waals surface area contributed by atoms with Gasteiger partial charge in [-0.1, -0.05) is 31.5 Å². The molecule has 2 rings (SSSR count). The number of nitrogens with zero attached hydrogens (tertiary/aromatic N) is 1. The molecule has 24 heavy (non-hydrogen) atoms. The quantitative estimate of drug-likeness (QED) is 0.861. The maximum atomic E-state index is 12.8. The first-order valence-electron chi connectivity index (χ1n) is 8.98. The summed E-state index contributed by atoms with van der Waals surface area (Å²) in [4.78, 5) is 15.0. The monoisotopic (exact) mass is 350 g/mol. The van der Waals surface area contributed by atoms with Gasteiger partial charge in [0.05, 0.1) is 11.5 Å². The van der Waals surface area contributed by atoms with Gasteiger partial charge in [0, 0.05) is 11.6 Å². The molecule has 0 aromatic heterocycles. The van der Waals surface area contributed by atoms with E-state index in [1.807, 2.05) is 12.1 Å². The Morgan fingerprint density at radius 3 is 2.75 bits per heavy atom. The Morgan fingerprint density at radius 2 is 2.12 bits per heavy atom. The lowest BCUT2D eigenvalue weighted by Crippen LogP contribution is -2.48. The molecule has 0 aliphatic carbocycles. The first kappa shape index (κ1) is 19.3. The highest BCUT2D eigenvalue weighted by Gasteiger charge is 2.31. The van der Waals surface area contributed by atoms with Crippen molar-refractivity contribution in [2.24, 2.45) is 11.8 Å². The number of benzene rings is 1. The van der Waals surface area contributed by atoms with Crippen molar-refractivity contribution in [3.05, 3.63) is 34.3 Å². The first-order chi connectivity index (χ1) is 11.2. The minimum absolute atomic E-state index is 0.0869. The van der Waals surface area contributed by atoms with Gasteiger partial charge in [-0.15, -0.1) is 0 Å². The molecule has 1 saturated heterocycles. The highest BCUT2D eigenvalue weighted by Crippen LogP contribution is 2.29. The lowest BCUT2D eigenvalue weighted by atomic mass is 9.85. The van der Waals surface area contributed by atoms with Gasteiger partial charge in [0.2, 0.25) is 5.91 Å². The summed E-state index contributed by atoms with van der Waals surface area (Å²) in [5, 5.41) is 4.04. The Labute approximate surface area is 151 Å². The molecule has 1 aliphatic heterocycles. The van der Waals surface area contributed by atoms with Crippen molar-refractivity contribution in [3.8, 4) is 0 Å². The number of piperidine rings is 1. The molecule has 0 unspecified atom stereocenters. The minimum Gasteiger partial charge on any atom is -0.347 e. The Balaban J connectivity index is 2.18. The zero-order valence-corrected chi connectivity index (χ0v) is 16.4. The van der Waals surface area contributed by atoms with Crippen LogP contribution >= 0.6 is 11.6 Å². The van der Waals surface area contributed by atoms with E-state index in [1.54, 1.807) is 0 Å². The van der Waals surface area contributed by atoms with Gasteiger partial charge in [0.1, 0.15) is 0 Å². The zero-order valence-electron chi connectivity index (χ0n) is 15.7. The lowest BCUT2D eigenvalue weighted by molar-refractivity contribution is -0.128. The zero-order chi connectivity index (χ0) is 17.9. The predicted octanol–water partition coefficient (Wildman–Crippen LogP) is 4.23. The maximum absolute atomic E-state index is 12.8. The van der Waals surface area contributed by atoms with E-state index in [9.17, 15) is 4.79 Å². The third-order valence-corrected chi connectivity index (χ3v) is 5.03. The van der Waals surface area contributed by atoms with Gasteiger partial charge in [-0.25, -0.2) is 0 Å². The molecule has 0 saturated carbocycles. The van der Waals surface area contributed by atoms with Gasteiger partial charge < -0.3 is 10.2 Å². The fourth-order valence-electron chi connectivity index (χ4n) is 3.64. The maximum Gasteiger partial charge on any atom is 0.225 e. The van der Waals surface area contributed by atoms with Crippen LogP contribution in [0.25, 0.3) is 0 Å². The molecule has 1 heterocycles. The molecule has 1 aromatic rings. The van der Waals surface area contributed by atoms with Crippen molar-refractivity contribution in [3.63, 3.8) is 0 Å². The second-order valence-corrected chi connectivity index (χ2v) is 8.55. The number of carbonyl (C=O) groups is 1. The van der Waals surface area contributed by atoms with Crippen LogP contribution in [-0.4, -0.2) is 30.9 Å². The van der Waals surface area contributed by atoms with Crippen molar-refractivity contribution in [2.75, 3.05) is 20.1 Å². The summed E-state index contributed by atoms with van der Waals surface area (Å²) >= 11 is 6.20. The predicted molar refractivity (Wildman–Crippen MR) is 101 cm³/mol. The topological polar surface area (TPSA) is 32.3 Å². The van der Waals surface area contributed by atoms with Gasteiger partial charge >= 0.3 is 0 Å². The molecule has 4 heteroatoms. The molecule has 1 N–H and O–H groups in total. The average Bonchev–Trinajstić information content (AvgIpc) is 2.45. The molecule has 1 atom stereocenters. The molecule has 0 spiro atoms. The number of halogens is 1. The summed E-state index contributed by atoms with van der Waals surface area (Å²) < 4.78 is 0. The van der Waals surface area contributed by atoms with E-state index >= 15 is 0 Å². The number of nitrogens with one attached hydrogen (secondary N) is 1. The molecule has 0 radical (unpaired) electrons. The molecule has 1 aromatic carbocycles. The van der Waals surface area contributed by atoms with Crippen molar-refractivity contribution in [2.45, 2.75) is 52.5 Å². The van der Waals surface area contributed by atoms with Gasteiger partial charge in [-0.2, -0.15) is 0 Å².